The first-order chi connectivity index (χ1) is 16.7. The molecule has 35 heavy (non-hydrogen) atoms. The zero-order valence-electron chi connectivity index (χ0n) is 18.9. The van der Waals surface area contributed by atoms with Crippen molar-refractivity contribution >= 4 is 38.4 Å². The number of ether oxygens (including phenoxy) is 2. The second kappa shape index (κ2) is 9.64. The van der Waals surface area contributed by atoms with Gasteiger partial charge in [-0.25, -0.2) is 8.42 Å². The normalized spacial score (nSPS) is 24.6. The van der Waals surface area contributed by atoms with Crippen molar-refractivity contribution in [3.63, 3.8) is 0 Å². The number of amides is 2. The maximum absolute atomic E-state index is 13.8. The molecular weight excluding hydrogens is 474 g/mol. The van der Waals surface area contributed by atoms with E-state index in [-0.39, 0.29) is 37.6 Å². The molecule has 1 saturated carbocycles. The molecule has 1 aliphatic heterocycles. The van der Waals surface area contributed by atoms with Crippen LogP contribution in [0.2, 0.25) is 0 Å². The van der Waals surface area contributed by atoms with Gasteiger partial charge in [-0.1, -0.05) is 36.4 Å². The van der Waals surface area contributed by atoms with Crippen molar-refractivity contribution in [1.29, 1.82) is 5.26 Å². The summed E-state index contributed by atoms with van der Waals surface area (Å²) < 4.78 is 37.9. The minimum absolute atomic E-state index is 0.0452. The molecule has 2 N–H and O–H groups in total. The van der Waals surface area contributed by atoms with Crippen LogP contribution in [-0.4, -0.2) is 69.3 Å². The largest absolute Gasteiger partial charge is 0.449 e. The third-order valence-electron chi connectivity index (χ3n) is 6.83. The monoisotopic (exact) mass is 499 g/mol. The number of nitriles is 1. The second-order valence-corrected chi connectivity index (χ2v) is 10.8. The van der Waals surface area contributed by atoms with Gasteiger partial charge in [-0.3, -0.25) is 14.4 Å². The molecule has 2 aliphatic rings. The number of sulfone groups is 1. The molecular formula is C24H25N3O7S. The van der Waals surface area contributed by atoms with E-state index in [2.05, 4.69) is 0 Å². The van der Waals surface area contributed by atoms with Crippen LogP contribution in [0.5, 0.6) is 0 Å². The Morgan fingerprint density at radius 1 is 1.14 bits per heavy atom. The number of hydrogen-bond acceptors (Lipinski definition) is 8. The Kier molecular flexibility index (Phi) is 6.78. The Hall–Kier alpha value is -3.49. The zero-order valence-corrected chi connectivity index (χ0v) is 19.7. The van der Waals surface area contributed by atoms with E-state index >= 15 is 0 Å². The van der Waals surface area contributed by atoms with Crippen LogP contribution in [0.3, 0.4) is 0 Å². The average molecular weight is 500 g/mol. The third-order valence-corrected chi connectivity index (χ3v) is 9.04. The van der Waals surface area contributed by atoms with Crippen molar-refractivity contribution in [3.8, 4) is 6.07 Å². The van der Waals surface area contributed by atoms with Gasteiger partial charge in [0, 0.05) is 18.5 Å². The summed E-state index contributed by atoms with van der Waals surface area (Å²) in [5, 5.41) is 8.82. The summed E-state index contributed by atoms with van der Waals surface area (Å²) in [6, 6.07) is 13.5. The molecule has 11 heteroatoms. The maximum atomic E-state index is 13.8. The van der Waals surface area contributed by atoms with Crippen LogP contribution in [0.4, 0.5) is 0 Å². The first-order valence-corrected chi connectivity index (χ1v) is 12.7. The number of nitrogens with zero attached hydrogens (tertiary/aromatic N) is 2. The summed E-state index contributed by atoms with van der Waals surface area (Å²) in [7, 11) is -4.10. The van der Waals surface area contributed by atoms with Gasteiger partial charge in [0.1, 0.15) is 6.07 Å². The number of carbonyl (C=O) groups excluding carboxylic acids is 3. The SMILES string of the molecule is N#CCOC(=O)[C@]1(C(N)=O)C[C@H](S(=O)(=O)c2cccc3ccccc23)C[C@H]1C(=O)N1CCOCC1. The molecule has 0 aromatic heterocycles. The molecule has 3 atom stereocenters. The molecule has 184 valence electrons. The summed E-state index contributed by atoms with van der Waals surface area (Å²) in [4.78, 5) is 40.9. The highest BCUT2D eigenvalue weighted by molar-refractivity contribution is 7.92. The van der Waals surface area contributed by atoms with E-state index in [0.717, 1.165) is 0 Å². The van der Waals surface area contributed by atoms with Crippen molar-refractivity contribution in [2.75, 3.05) is 32.9 Å². The van der Waals surface area contributed by atoms with Crippen LogP contribution in [-0.2, 0) is 33.7 Å². The van der Waals surface area contributed by atoms with Crippen molar-refractivity contribution in [2.24, 2.45) is 17.1 Å². The molecule has 2 aromatic carbocycles. The fourth-order valence-electron chi connectivity index (χ4n) is 5.05. The summed E-state index contributed by atoms with van der Waals surface area (Å²) >= 11 is 0. The van der Waals surface area contributed by atoms with Crippen LogP contribution in [0.25, 0.3) is 10.8 Å². The molecule has 1 aliphatic carbocycles. The molecule has 2 amide bonds. The number of esters is 1. The zero-order chi connectivity index (χ0) is 25.2. The standard InChI is InChI=1S/C24H25N3O7S/c25-8-11-34-23(30)24(22(26)29)15-17(14-19(24)21(28)27-9-12-33-13-10-27)35(31,32)20-7-3-5-16-4-1-2-6-18(16)20/h1-7,17,19H,9-15H2,(H2,26,29)/t17-,19+,24-/m1/s1. The molecule has 2 fully saturated rings. The van der Waals surface area contributed by atoms with Crippen LogP contribution < -0.4 is 5.73 Å². The number of carbonyl (C=O) groups is 3. The molecule has 10 nitrogen and oxygen atoms in total. The smallest absolute Gasteiger partial charge is 0.323 e. The predicted molar refractivity (Wildman–Crippen MR) is 123 cm³/mol. The van der Waals surface area contributed by atoms with E-state index in [1.165, 1.54) is 11.0 Å². The summed E-state index contributed by atoms with van der Waals surface area (Å²) in [5.74, 6) is -4.22. The highest BCUT2D eigenvalue weighted by atomic mass is 32.2. The number of fused-ring (bicyclic) bond motifs is 1. The van der Waals surface area contributed by atoms with Gasteiger partial charge in [0.15, 0.2) is 21.9 Å². The van der Waals surface area contributed by atoms with E-state index in [0.29, 0.717) is 10.8 Å². The molecule has 1 heterocycles. The lowest BCUT2D eigenvalue weighted by Gasteiger charge is -2.34. The van der Waals surface area contributed by atoms with E-state index in [9.17, 15) is 22.8 Å². The van der Waals surface area contributed by atoms with Crippen molar-refractivity contribution in [3.05, 3.63) is 42.5 Å². The lowest BCUT2D eigenvalue weighted by molar-refractivity contribution is -0.167. The molecule has 1 saturated heterocycles. The van der Waals surface area contributed by atoms with Crippen LogP contribution in [0.15, 0.2) is 47.4 Å². The number of morpholine rings is 1. The fraction of sp³-hybridized carbons (Fsp3) is 0.417. The van der Waals surface area contributed by atoms with Gasteiger partial charge < -0.3 is 20.1 Å². The Morgan fingerprint density at radius 2 is 1.83 bits per heavy atom. The van der Waals surface area contributed by atoms with Gasteiger partial charge in [-0.05, 0) is 24.3 Å². The second-order valence-electron chi connectivity index (χ2n) is 8.64. The number of rotatable bonds is 6. The minimum Gasteiger partial charge on any atom is -0.449 e. The molecule has 0 bridgehead atoms. The van der Waals surface area contributed by atoms with E-state index < -0.39 is 57.2 Å². The van der Waals surface area contributed by atoms with Gasteiger partial charge in [0.25, 0.3) is 0 Å². The van der Waals surface area contributed by atoms with E-state index in [1.807, 2.05) is 0 Å². The maximum Gasteiger partial charge on any atom is 0.323 e. The number of primary amides is 1. The minimum atomic E-state index is -4.10. The topological polar surface area (TPSA) is 157 Å². The van der Waals surface area contributed by atoms with Crippen LogP contribution in [0.1, 0.15) is 12.8 Å². The van der Waals surface area contributed by atoms with E-state index in [4.69, 9.17) is 20.5 Å². The van der Waals surface area contributed by atoms with Crippen molar-refractivity contribution < 1.29 is 32.3 Å². The predicted octanol–water partition coefficient (Wildman–Crippen LogP) is 0.789. The van der Waals surface area contributed by atoms with Gasteiger partial charge in [0.2, 0.25) is 11.8 Å². The summed E-state index contributed by atoms with van der Waals surface area (Å²) in [5.41, 5.74) is 3.47. The number of benzene rings is 2. The van der Waals surface area contributed by atoms with Gasteiger partial charge in [0.05, 0.1) is 29.3 Å². The molecule has 4 rings (SSSR count). The first-order valence-electron chi connectivity index (χ1n) is 11.2. The van der Waals surface area contributed by atoms with Gasteiger partial charge >= 0.3 is 5.97 Å². The van der Waals surface area contributed by atoms with Crippen molar-refractivity contribution in [2.45, 2.75) is 23.0 Å². The quantitative estimate of drug-likeness (QED) is 0.451. The Labute approximate surface area is 202 Å². The molecule has 0 spiro atoms. The lowest BCUT2D eigenvalue weighted by atomic mass is 9.76. The summed E-state index contributed by atoms with van der Waals surface area (Å²) in [6.45, 7) is 0.362. The van der Waals surface area contributed by atoms with Crippen LogP contribution in [0, 0.1) is 22.7 Å². The average Bonchev–Trinajstić information content (AvgIpc) is 3.30. The summed E-state index contributed by atoms with van der Waals surface area (Å²) in [6.07, 6.45) is -0.800. The van der Waals surface area contributed by atoms with Crippen LogP contribution >= 0.6 is 0 Å². The Balaban J connectivity index is 1.79. The Morgan fingerprint density at radius 3 is 2.51 bits per heavy atom. The highest BCUT2D eigenvalue weighted by Gasteiger charge is 2.64. The first kappa shape index (κ1) is 24.6. The molecule has 2 aromatic rings. The van der Waals surface area contributed by atoms with E-state index in [1.54, 1.807) is 42.5 Å². The molecule has 0 unspecified atom stereocenters. The van der Waals surface area contributed by atoms with Gasteiger partial charge in [-0.15, -0.1) is 0 Å². The Bertz CT molecular complexity index is 1310. The highest BCUT2D eigenvalue weighted by Crippen LogP contribution is 2.49. The third kappa shape index (κ3) is 4.24. The number of nitrogens with two attached hydrogens (primary N) is 1. The van der Waals surface area contributed by atoms with Gasteiger partial charge in [-0.2, -0.15) is 5.26 Å². The number of hydrogen-bond donors (Lipinski definition) is 1. The molecule has 0 radical (unpaired) electrons. The van der Waals surface area contributed by atoms with Crippen molar-refractivity contribution in [1.82, 2.24) is 4.90 Å². The fourth-order valence-corrected chi connectivity index (χ4v) is 7.10. The lowest BCUT2D eigenvalue weighted by Crippen LogP contribution is -2.54.